The molecule has 0 aromatic rings. The molecular weight excluding hydrogens is 608 g/mol. The lowest BCUT2D eigenvalue weighted by Gasteiger charge is -2.09. The summed E-state index contributed by atoms with van der Waals surface area (Å²) in [4.78, 5) is 22.6. The van der Waals surface area contributed by atoms with E-state index < -0.39 is 0 Å². The van der Waals surface area contributed by atoms with Crippen LogP contribution in [-0.2, 0) is 66.4 Å². The largest absolute Gasteiger partial charge is 0.463 e. The van der Waals surface area contributed by atoms with E-state index in [0.717, 1.165) is 25.7 Å². The Hall–Kier alpha value is -1.46. The lowest BCUT2D eigenvalue weighted by atomic mass is 10.2. The van der Waals surface area contributed by atoms with E-state index in [-0.39, 0.29) is 25.2 Å². The molecule has 0 unspecified atom stereocenters. The Morgan fingerprint density at radius 1 is 0.304 bits per heavy atom. The summed E-state index contributed by atoms with van der Waals surface area (Å²) in [7, 11) is 0. The van der Waals surface area contributed by atoms with Crippen molar-refractivity contribution in [2.75, 3.05) is 145 Å². The zero-order valence-electron chi connectivity index (χ0n) is 28.5. The van der Waals surface area contributed by atoms with Gasteiger partial charge in [-0.05, 0) is 12.8 Å². The van der Waals surface area contributed by atoms with Crippen LogP contribution >= 0.6 is 0 Å². The average molecular weight is 671 g/mol. The van der Waals surface area contributed by atoms with Gasteiger partial charge >= 0.3 is 11.9 Å². The average Bonchev–Trinajstić information content (AvgIpc) is 3.05. The Balaban J connectivity index is 3.09. The summed E-state index contributed by atoms with van der Waals surface area (Å²) in [6.45, 7) is 14.0. The van der Waals surface area contributed by atoms with Crippen LogP contribution < -0.4 is 0 Å². The SMILES string of the molecule is CCCCCC(=O)OCCOCCOCCOCCOCCOCCOCCOCCOCCOCCOCCOC(=O)CCC. The number of esters is 2. The molecule has 0 rings (SSSR count). The number of ether oxygens (including phenoxy) is 12. The van der Waals surface area contributed by atoms with Gasteiger partial charge in [0.1, 0.15) is 13.2 Å². The molecular formula is C32H62O14. The molecule has 0 aliphatic rings. The third kappa shape index (κ3) is 38.7. The van der Waals surface area contributed by atoms with E-state index in [2.05, 4.69) is 6.92 Å². The summed E-state index contributed by atoms with van der Waals surface area (Å²) in [6, 6.07) is 0. The molecule has 0 aromatic carbocycles. The first-order valence-electron chi connectivity index (χ1n) is 16.8. The first kappa shape index (κ1) is 44.5. The van der Waals surface area contributed by atoms with Crippen molar-refractivity contribution in [2.24, 2.45) is 0 Å². The molecule has 46 heavy (non-hydrogen) atoms. The van der Waals surface area contributed by atoms with Gasteiger partial charge in [0.15, 0.2) is 0 Å². The van der Waals surface area contributed by atoms with Gasteiger partial charge in [0.2, 0.25) is 0 Å². The zero-order chi connectivity index (χ0) is 33.4. The second kappa shape index (κ2) is 39.7. The smallest absolute Gasteiger partial charge is 0.305 e. The molecule has 0 aliphatic heterocycles. The number of hydrogen-bond donors (Lipinski definition) is 0. The predicted octanol–water partition coefficient (Wildman–Crippen LogP) is 2.62. The van der Waals surface area contributed by atoms with Crippen molar-refractivity contribution >= 4 is 11.9 Å². The molecule has 0 aromatic heterocycles. The van der Waals surface area contributed by atoms with E-state index in [1.165, 1.54) is 0 Å². The maximum atomic E-state index is 11.5. The van der Waals surface area contributed by atoms with Crippen LogP contribution in [0.4, 0.5) is 0 Å². The lowest BCUT2D eigenvalue weighted by Crippen LogP contribution is -2.16. The molecule has 0 saturated carbocycles. The Labute approximate surface area is 276 Å². The van der Waals surface area contributed by atoms with Crippen molar-refractivity contribution in [3.05, 3.63) is 0 Å². The number of unbranched alkanes of at least 4 members (excludes halogenated alkanes) is 2. The van der Waals surface area contributed by atoms with E-state index in [0.29, 0.717) is 145 Å². The number of carbonyl (C=O) groups excluding carboxylic acids is 2. The van der Waals surface area contributed by atoms with Gasteiger partial charge in [-0.15, -0.1) is 0 Å². The van der Waals surface area contributed by atoms with Crippen LogP contribution in [0.2, 0.25) is 0 Å². The molecule has 14 heteroatoms. The van der Waals surface area contributed by atoms with Crippen LogP contribution in [0, 0.1) is 0 Å². The fraction of sp³-hybridized carbons (Fsp3) is 0.938. The summed E-state index contributed by atoms with van der Waals surface area (Å²) in [5.41, 5.74) is 0. The van der Waals surface area contributed by atoms with Crippen LogP contribution in [0.25, 0.3) is 0 Å². The topological polar surface area (TPSA) is 145 Å². The molecule has 0 heterocycles. The van der Waals surface area contributed by atoms with Crippen LogP contribution in [-0.4, -0.2) is 157 Å². The van der Waals surface area contributed by atoms with E-state index >= 15 is 0 Å². The van der Waals surface area contributed by atoms with E-state index in [9.17, 15) is 9.59 Å². The Morgan fingerprint density at radius 3 is 0.783 bits per heavy atom. The predicted molar refractivity (Wildman–Crippen MR) is 169 cm³/mol. The van der Waals surface area contributed by atoms with Crippen molar-refractivity contribution in [1.82, 2.24) is 0 Å². The van der Waals surface area contributed by atoms with Gasteiger partial charge in [-0.1, -0.05) is 26.7 Å². The van der Waals surface area contributed by atoms with Crippen molar-refractivity contribution in [1.29, 1.82) is 0 Å². The minimum absolute atomic E-state index is 0.162. The molecule has 0 bridgehead atoms. The summed E-state index contributed by atoms with van der Waals surface area (Å²) < 4.78 is 64.4. The minimum Gasteiger partial charge on any atom is -0.463 e. The maximum absolute atomic E-state index is 11.5. The van der Waals surface area contributed by atoms with Crippen LogP contribution in [0.5, 0.6) is 0 Å². The highest BCUT2D eigenvalue weighted by atomic mass is 16.6. The Kier molecular flexibility index (Phi) is 38.5. The molecule has 0 amide bonds. The molecule has 0 spiro atoms. The van der Waals surface area contributed by atoms with Crippen LogP contribution in [0.1, 0.15) is 52.4 Å². The third-order valence-electron chi connectivity index (χ3n) is 5.77. The van der Waals surface area contributed by atoms with Crippen molar-refractivity contribution in [3.63, 3.8) is 0 Å². The minimum atomic E-state index is -0.191. The Bertz CT molecular complexity index is 626. The van der Waals surface area contributed by atoms with Gasteiger partial charge in [-0.25, -0.2) is 0 Å². The van der Waals surface area contributed by atoms with Crippen LogP contribution in [0.15, 0.2) is 0 Å². The number of hydrogen-bond acceptors (Lipinski definition) is 14. The van der Waals surface area contributed by atoms with Gasteiger partial charge in [-0.2, -0.15) is 0 Å². The number of rotatable bonds is 39. The molecule has 0 aliphatic carbocycles. The number of carbonyl (C=O) groups is 2. The van der Waals surface area contributed by atoms with Crippen molar-refractivity contribution in [3.8, 4) is 0 Å². The third-order valence-corrected chi connectivity index (χ3v) is 5.77. The molecule has 0 fully saturated rings. The second-order valence-electron chi connectivity index (χ2n) is 9.77. The monoisotopic (exact) mass is 670 g/mol. The fourth-order valence-electron chi connectivity index (χ4n) is 3.38. The Morgan fingerprint density at radius 2 is 0.543 bits per heavy atom. The van der Waals surface area contributed by atoms with E-state index in [4.69, 9.17) is 56.8 Å². The highest BCUT2D eigenvalue weighted by Crippen LogP contribution is 2.00. The summed E-state index contributed by atoms with van der Waals surface area (Å²) in [6.07, 6.45) is 4.71. The quantitative estimate of drug-likeness (QED) is 0.0698. The van der Waals surface area contributed by atoms with Gasteiger partial charge < -0.3 is 56.8 Å². The van der Waals surface area contributed by atoms with Gasteiger partial charge in [0, 0.05) is 12.8 Å². The molecule has 0 saturated heterocycles. The summed E-state index contributed by atoms with van der Waals surface area (Å²) in [5.74, 6) is -0.353. The van der Waals surface area contributed by atoms with Crippen LogP contribution in [0.3, 0.4) is 0 Å². The van der Waals surface area contributed by atoms with Gasteiger partial charge in [0.05, 0.1) is 132 Å². The first-order chi connectivity index (χ1) is 22.7. The van der Waals surface area contributed by atoms with E-state index in [1.807, 2.05) is 6.92 Å². The maximum Gasteiger partial charge on any atom is 0.305 e. The summed E-state index contributed by atoms with van der Waals surface area (Å²) in [5, 5.41) is 0. The first-order valence-corrected chi connectivity index (χ1v) is 16.8. The molecule has 14 nitrogen and oxygen atoms in total. The van der Waals surface area contributed by atoms with E-state index in [1.54, 1.807) is 0 Å². The molecule has 274 valence electrons. The van der Waals surface area contributed by atoms with Gasteiger partial charge in [0.25, 0.3) is 0 Å². The summed E-state index contributed by atoms with van der Waals surface area (Å²) >= 11 is 0. The highest BCUT2D eigenvalue weighted by molar-refractivity contribution is 5.69. The highest BCUT2D eigenvalue weighted by Gasteiger charge is 2.02. The van der Waals surface area contributed by atoms with Gasteiger partial charge in [-0.3, -0.25) is 9.59 Å². The molecule has 0 atom stereocenters. The zero-order valence-corrected chi connectivity index (χ0v) is 28.5. The molecule has 0 radical (unpaired) electrons. The standard InChI is InChI=1S/C32H62O14/c1-3-5-6-8-32(34)46-30-28-44-26-24-42-22-20-40-18-16-38-14-12-36-10-9-35-11-13-37-15-17-39-19-21-41-23-25-43-27-29-45-31(33)7-4-2/h3-30H2,1-2H3. The molecule has 0 N–H and O–H groups in total. The second-order valence-corrected chi connectivity index (χ2v) is 9.77. The van der Waals surface area contributed by atoms with Crippen molar-refractivity contribution in [2.45, 2.75) is 52.4 Å². The normalized spacial score (nSPS) is 11.3. The lowest BCUT2D eigenvalue weighted by molar-refractivity contribution is -0.146. The van der Waals surface area contributed by atoms with Crippen molar-refractivity contribution < 1.29 is 66.4 Å². The fourth-order valence-corrected chi connectivity index (χ4v) is 3.38.